The second-order valence-electron chi connectivity index (χ2n) is 3.52. The summed E-state index contributed by atoms with van der Waals surface area (Å²) >= 11 is 0. The number of carbonyl (C=O) groups excluding carboxylic acids is 1. The van der Waals surface area contributed by atoms with Gasteiger partial charge >= 0.3 is 0 Å². The fourth-order valence-corrected chi connectivity index (χ4v) is 1.61. The van der Waals surface area contributed by atoms with Gasteiger partial charge in [-0.25, -0.2) is 0 Å². The number of hydrogen-bond donors (Lipinski definition) is 1. The highest BCUT2D eigenvalue weighted by Gasteiger charge is 2.31. The number of aliphatic hydroxyl groups excluding tert-OH is 1. The second-order valence-corrected chi connectivity index (χ2v) is 3.52. The fraction of sp³-hybridized carbons (Fsp3) is 0.364. The molecule has 14 heavy (non-hydrogen) atoms. The summed E-state index contributed by atoms with van der Waals surface area (Å²) in [6.45, 7) is 1.88. The quantitative estimate of drug-likeness (QED) is 0.728. The molecule has 0 aromatic heterocycles. The Morgan fingerprint density at radius 3 is 2.93 bits per heavy atom. The lowest BCUT2D eigenvalue weighted by Gasteiger charge is -2.25. The summed E-state index contributed by atoms with van der Waals surface area (Å²) in [5, 5.41) is 9.37. The van der Waals surface area contributed by atoms with E-state index in [0.717, 1.165) is 0 Å². The van der Waals surface area contributed by atoms with Gasteiger partial charge in [-0.05, 0) is 19.1 Å². The van der Waals surface area contributed by atoms with E-state index in [1.54, 1.807) is 25.1 Å². The van der Waals surface area contributed by atoms with Gasteiger partial charge in [0, 0.05) is 0 Å². The van der Waals surface area contributed by atoms with Gasteiger partial charge < -0.3 is 9.84 Å². The number of hydrogen-bond acceptors (Lipinski definition) is 3. The Kier molecular flexibility index (Phi) is 2.25. The number of rotatable bonds is 1. The van der Waals surface area contributed by atoms with Crippen LogP contribution in [0.2, 0.25) is 0 Å². The smallest absolute Gasteiger partial charge is 0.175 e. The minimum Gasteiger partial charge on any atom is -0.492 e. The molecule has 74 valence electrons. The Morgan fingerprint density at radius 1 is 1.50 bits per heavy atom. The normalized spacial score (nSPS) is 22.4. The summed E-state index contributed by atoms with van der Waals surface area (Å²) in [6.07, 6.45) is -0.657. The van der Waals surface area contributed by atoms with E-state index in [1.165, 1.54) is 0 Å². The van der Waals surface area contributed by atoms with Crippen molar-refractivity contribution in [2.75, 3.05) is 6.61 Å². The van der Waals surface area contributed by atoms with Crippen molar-refractivity contribution in [2.45, 2.75) is 13.0 Å². The van der Waals surface area contributed by atoms with E-state index in [0.29, 0.717) is 11.3 Å². The van der Waals surface area contributed by atoms with Crippen LogP contribution < -0.4 is 4.74 Å². The van der Waals surface area contributed by atoms with Crippen molar-refractivity contribution in [3.63, 3.8) is 0 Å². The zero-order valence-corrected chi connectivity index (χ0v) is 7.93. The molecule has 0 amide bonds. The van der Waals surface area contributed by atoms with Gasteiger partial charge in [0.25, 0.3) is 0 Å². The third-order valence-corrected chi connectivity index (χ3v) is 2.49. The van der Waals surface area contributed by atoms with Crippen LogP contribution in [-0.4, -0.2) is 23.6 Å². The first kappa shape index (κ1) is 9.21. The average molecular weight is 192 g/mol. The SMILES string of the molecule is CC(O)C1COc2ccccc2C1=O. The summed E-state index contributed by atoms with van der Waals surface area (Å²) < 4.78 is 5.39. The lowest BCUT2D eigenvalue weighted by Crippen LogP contribution is -2.35. The van der Waals surface area contributed by atoms with E-state index in [-0.39, 0.29) is 12.4 Å². The van der Waals surface area contributed by atoms with E-state index in [2.05, 4.69) is 0 Å². The predicted molar refractivity (Wildman–Crippen MR) is 51.4 cm³/mol. The summed E-state index contributed by atoms with van der Waals surface area (Å²) in [4.78, 5) is 11.8. The number of fused-ring (bicyclic) bond motifs is 1. The van der Waals surface area contributed by atoms with E-state index in [1.807, 2.05) is 6.07 Å². The van der Waals surface area contributed by atoms with Gasteiger partial charge in [-0.2, -0.15) is 0 Å². The molecular weight excluding hydrogens is 180 g/mol. The van der Waals surface area contributed by atoms with Crippen LogP contribution in [0.4, 0.5) is 0 Å². The van der Waals surface area contributed by atoms with Crippen LogP contribution in [0.1, 0.15) is 17.3 Å². The van der Waals surface area contributed by atoms with Crippen LogP contribution in [0, 0.1) is 5.92 Å². The molecule has 2 rings (SSSR count). The predicted octanol–water partition coefficient (Wildman–Crippen LogP) is 1.26. The highest BCUT2D eigenvalue weighted by atomic mass is 16.5. The molecule has 1 heterocycles. The Bertz CT molecular complexity index is 357. The highest BCUT2D eigenvalue weighted by molar-refractivity contribution is 6.01. The molecule has 2 unspecified atom stereocenters. The topological polar surface area (TPSA) is 46.5 Å². The molecule has 1 aromatic carbocycles. The molecule has 0 spiro atoms. The number of para-hydroxylation sites is 1. The molecule has 1 aromatic rings. The van der Waals surface area contributed by atoms with Crippen molar-refractivity contribution in [1.29, 1.82) is 0 Å². The van der Waals surface area contributed by atoms with E-state index >= 15 is 0 Å². The zero-order chi connectivity index (χ0) is 10.1. The molecule has 3 nitrogen and oxygen atoms in total. The molecular formula is C11H12O3. The highest BCUT2D eigenvalue weighted by Crippen LogP contribution is 2.28. The van der Waals surface area contributed by atoms with Crippen LogP contribution in [-0.2, 0) is 0 Å². The minimum absolute atomic E-state index is 0.0261. The summed E-state index contributed by atoms with van der Waals surface area (Å²) in [5.41, 5.74) is 0.574. The maximum absolute atomic E-state index is 11.8. The second kappa shape index (κ2) is 3.42. The molecule has 0 radical (unpaired) electrons. The van der Waals surface area contributed by atoms with Crippen LogP contribution in [0.5, 0.6) is 5.75 Å². The Morgan fingerprint density at radius 2 is 2.21 bits per heavy atom. The Hall–Kier alpha value is -1.35. The zero-order valence-electron chi connectivity index (χ0n) is 7.93. The van der Waals surface area contributed by atoms with E-state index in [4.69, 9.17) is 4.74 Å². The molecule has 0 saturated carbocycles. The minimum atomic E-state index is -0.657. The first-order valence-corrected chi connectivity index (χ1v) is 4.64. The molecule has 2 atom stereocenters. The lowest BCUT2D eigenvalue weighted by molar-refractivity contribution is 0.0544. The lowest BCUT2D eigenvalue weighted by atomic mass is 9.91. The first-order valence-electron chi connectivity index (χ1n) is 4.64. The molecule has 1 aliphatic heterocycles. The fourth-order valence-electron chi connectivity index (χ4n) is 1.61. The van der Waals surface area contributed by atoms with Gasteiger partial charge in [0.1, 0.15) is 12.4 Å². The molecule has 1 aliphatic rings. The monoisotopic (exact) mass is 192 g/mol. The van der Waals surface area contributed by atoms with Gasteiger partial charge in [0.2, 0.25) is 0 Å². The van der Waals surface area contributed by atoms with Gasteiger partial charge in [-0.1, -0.05) is 12.1 Å². The van der Waals surface area contributed by atoms with Crippen molar-refractivity contribution in [3.05, 3.63) is 29.8 Å². The molecule has 0 bridgehead atoms. The number of aliphatic hydroxyl groups is 1. The maximum Gasteiger partial charge on any atom is 0.175 e. The third kappa shape index (κ3) is 1.40. The van der Waals surface area contributed by atoms with Gasteiger partial charge in [0.05, 0.1) is 17.6 Å². The number of Topliss-reactive ketones (excluding diaryl/α,β-unsaturated/α-hetero) is 1. The Labute approximate surface area is 82.3 Å². The van der Waals surface area contributed by atoms with E-state index < -0.39 is 12.0 Å². The van der Waals surface area contributed by atoms with Crippen LogP contribution >= 0.6 is 0 Å². The molecule has 0 fully saturated rings. The average Bonchev–Trinajstić information content (AvgIpc) is 2.18. The maximum atomic E-state index is 11.8. The Balaban J connectivity index is 2.37. The van der Waals surface area contributed by atoms with Crippen molar-refractivity contribution >= 4 is 5.78 Å². The van der Waals surface area contributed by atoms with Gasteiger partial charge in [-0.3, -0.25) is 4.79 Å². The van der Waals surface area contributed by atoms with Crippen LogP contribution in [0.15, 0.2) is 24.3 Å². The summed E-state index contributed by atoms with van der Waals surface area (Å²) in [5.74, 6) is 0.168. The van der Waals surface area contributed by atoms with Crippen molar-refractivity contribution < 1.29 is 14.6 Å². The van der Waals surface area contributed by atoms with Gasteiger partial charge in [-0.15, -0.1) is 0 Å². The molecule has 0 aliphatic carbocycles. The molecule has 1 N–H and O–H groups in total. The third-order valence-electron chi connectivity index (χ3n) is 2.49. The van der Waals surface area contributed by atoms with E-state index in [9.17, 15) is 9.90 Å². The van der Waals surface area contributed by atoms with Crippen molar-refractivity contribution in [1.82, 2.24) is 0 Å². The van der Waals surface area contributed by atoms with Crippen LogP contribution in [0.3, 0.4) is 0 Å². The summed E-state index contributed by atoms with van der Waals surface area (Å²) in [7, 11) is 0. The molecule has 3 heteroatoms. The summed E-state index contributed by atoms with van der Waals surface area (Å²) in [6, 6.07) is 7.12. The number of ether oxygens (including phenoxy) is 1. The first-order chi connectivity index (χ1) is 6.70. The van der Waals surface area contributed by atoms with Crippen LogP contribution in [0.25, 0.3) is 0 Å². The van der Waals surface area contributed by atoms with Crippen molar-refractivity contribution in [2.24, 2.45) is 5.92 Å². The number of ketones is 1. The number of benzene rings is 1. The largest absolute Gasteiger partial charge is 0.492 e. The van der Waals surface area contributed by atoms with Crippen molar-refractivity contribution in [3.8, 4) is 5.75 Å². The standard InChI is InChI=1S/C11H12O3/c1-7(12)9-6-14-10-5-3-2-4-8(10)11(9)13/h2-5,7,9,12H,6H2,1H3. The molecule has 0 saturated heterocycles. The number of carbonyl (C=O) groups is 1. The van der Waals surface area contributed by atoms with Gasteiger partial charge in [0.15, 0.2) is 5.78 Å².